The average Bonchev–Trinajstić information content (AvgIpc) is 2.47. The molecule has 0 bridgehead atoms. The number of benzene rings is 1. The maximum absolute atomic E-state index is 5.84. The van der Waals surface area contributed by atoms with E-state index in [4.69, 9.17) is 15.5 Å². The summed E-state index contributed by atoms with van der Waals surface area (Å²) in [6.45, 7) is 3.88. The fourth-order valence-corrected chi connectivity index (χ4v) is 2.36. The van der Waals surface area contributed by atoms with Crippen LogP contribution in [0.25, 0.3) is 10.9 Å². The topological polar surface area (TPSA) is 51.4 Å². The molecule has 1 saturated heterocycles. The van der Waals surface area contributed by atoms with Crippen molar-refractivity contribution in [3.05, 3.63) is 35.9 Å². The van der Waals surface area contributed by atoms with Gasteiger partial charge in [0.1, 0.15) is 5.82 Å². The zero-order valence-electron chi connectivity index (χ0n) is 10.3. The van der Waals surface area contributed by atoms with Gasteiger partial charge in [-0.05, 0) is 17.7 Å². The van der Waals surface area contributed by atoms with Crippen molar-refractivity contribution in [2.75, 3.05) is 31.2 Å². The first-order valence-corrected chi connectivity index (χ1v) is 6.30. The van der Waals surface area contributed by atoms with Crippen LogP contribution in [0.3, 0.4) is 0 Å². The zero-order chi connectivity index (χ0) is 12.4. The summed E-state index contributed by atoms with van der Waals surface area (Å²) in [5.74, 6) is 1.01. The van der Waals surface area contributed by atoms with Gasteiger partial charge in [0.25, 0.3) is 0 Å². The van der Waals surface area contributed by atoms with Crippen LogP contribution in [0.2, 0.25) is 0 Å². The van der Waals surface area contributed by atoms with Gasteiger partial charge in [0.15, 0.2) is 0 Å². The lowest BCUT2D eigenvalue weighted by Gasteiger charge is -2.28. The van der Waals surface area contributed by atoms with Gasteiger partial charge in [-0.2, -0.15) is 0 Å². The first-order valence-electron chi connectivity index (χ1n) is 6.30. The van der Waals surface area contributed by atoms with E-state index in [1.807, 2.05) is 18.2 Å². The molecule has 1 aliphatic rings. The van der Waals surface area contributed by atoms with Gasteiger partial charge < -0.3 is 15.4 Å². The number of nitrogens with two attached hydrogens (primary N) is 1. The monoisotopic (exact) mass is 243 g/mol. The lowest BCUT2D eigenvalue weighted by Crippen LogP contribution is -2.36. The molecule has 1 aromatic heterocycles. The Kier molecular flexibility index (Phi) is 3.13. The molecule has 0 saturated carbocycles. The van der Waals surface area contributed by atoms with E-state index in [1.165, 1.54) is 0 Å². The molecule has 18 heavy (non-hydrogen) atoms. The van der Waals surface area contributed by atoms with E-state index in [9.17, 15) is 0 Å². The standard InChI is InChI=1S/C14H17N3O/c15-10-11-9-14(17-5-7-18-8-6-17)16-13-4-2-1-3-12(11)13/h1-4,9H,5-8,10,15H2. The molecule has 0 atom stereocenters. The number of anilines is 1. The Morgan fingerprint density at radius 2 is 2.00 bits per heavy atom. The molecule has 0 radical (unpaired) electrons. The van der Waals surface area contributed by atoms with Gasteiger partial charge in [-0.25, -0.2) is 4.98 Å². The third-order valence-electron chi connectivity index (χ3n) is 3.34. The van der Waals surface area contributed by atoms with Gasteiger partial charge in [0.2, 0.25) is 0 Å². The van der Waals surface area contributed by atoms with E-state index < -0.39 is 0 Å². The highest BCUT2D eigenvalue weighted by Gasteiger charge is 2.14. The third-order valence-corrected chi connectivity index (χ3v) is 3.34. The summed E-state index contributed by atoms with van der Waals surface area (Å²) in [6, 6.07) is 10.3. The van der Waals surface area contributed by atoms with E-state index in [0.717, 1.165) is 48.6 Å². The number of pyridine rings is 1. The van der Waals surface area contributed by atoms with Crippen LogP contribution in [-0.4, -0.2) is 31.3 Å². The molecule has 4 heteroatoms. The van der Waals surface area contributed by atoms with Crippen LogP contribution in [0.5, 0.6) is 0 Å². The van der Waals surface area contributed by atoms with Crippen LogP contribution in [0.4, 0.5) is 5.82 Å². The summed E-state index contributed by atoms with van der Waals surface area (Å²) in [5.41, 5.74) is 8.01. The van der Waals surface area contributed by atoms with Crippen molar-refractivity contribution in [1.82, 2.24) is 4.98 Å². The number of aromatic nitrogens is 1. The van der Waals surface area contributed by atoms with Crippen molar-refractivity contribution in [2.24, 2.45) is 5.73 Å². The molecule has 2 heterocycles. The van der Waals surface area contributed by atoms with Crippen molar-refractivity contribution in [3.8, 4) is 0 Å². The molecule has 3 rings (SSSR count). The quantitative estimate of drug-likeness (QED) is 0.869. The zero-order valence-corrected chi connectivity index (χ0v) is 10.3. The SMILES string of the molecule is NCc1cc(N2CCOCC2)nc2ccccc12. The predicted octanol–water partition coefficient (Wildman–Crippen LogP) is 1.53. The molecule has 94 valence electrons. The van der Waals surface area contributed by atoms with Crippen LogP contribution >= 0.6 is 0 Å². The molecule has 4 nitrogen and oxygen atoms in total. The van der Waals surface area contributed by atoms with Crippen LogP contribution in [-0.2, 0) is 11.3 Å². The van der Waals surface area contributed by atoms with E-state index in [1.54, 1.807) is 0 Å². The molecule has 1 aliphatic heterocycles. The van der Waals surface area contributed by atoms with Gasteiger partial charge in [-0.1, -0.05) is 18.2 Å². The highest BCUT2D eigenvalue weighted by atomic mass is 16.5. The Labute approximate surface area is 106 Å². The smallest absolute Gasteiger partial charge is 0.129 e. The third kappa shape index (κ3) is 2.05. The van der Waals surface area contributed by atoms with Gasteiger partial charge >= 0.3 is 0 Å². The number of rotatable bonds is 2. The minimum Gasteiger partial charge on any atom is -0.378 e. The summed E-state index contributed by atoms with van der Waals surface area (Å²) in [7, 11) is 0. The summed E-state index contributed by atoms with van der Waals surface area (Å²) in [6.07, 6.45) is 0. The minimum atomic E-state index is 0.542. The molecule has 0 aliphatic carbocycles. The number of hydrogen-bond donors (Lipinski definition) is 1. The molecule has 0 unspecified atom stereocenters. The second-order valence-corrected chi connectivity index (χ2v) is 4.46. The lowest BCUT2D eigenvalue weighted by molar-refractivity contribution is 0.122. The molecular formula is C14H17N3O. The summed E-state index contributed by atoms with van der Waals surface area (Å²) in [5, 5.41) is 1.15. The first-order chi connectivity index (χ1) is 8.88. The Balaban J connectivity index is 2.07. The van der Waals surface area contributed by atoms with E-state index in [0.29, 0.717) is 6.54 Å². The Morgan fingerprint density at radius 1 is 1.22 bits per heavy atom. The highest BCUT2D eigenvalue weighted by Crippen LogP contribution is 2.23. The van der Waals surface area contributed by atoms with E-state index in [-0.39, 0.29) is 0 Å². The van der Waals surface area contributed by atoms with Gasteiger partial charge in [-0.15, -0.1) is 0 Å². The fourth-order valence-electron chi connectivity index (χ4n) is 2.36. The summed E-state index contributed by atoms with van der Waals surface area (Å²) < 4.78 is 5.37. The van der Waals surface area contributed by atoms with Crippen molar-refractivity contribution in [2.45, 2.75) is 6.54 Å². The Bertz CT molecular complexity index is 550. The van der Waals surface area contributed by atoms with E-state index in [2.05, 4.69) is 17.0 Å². The van der Waals surface area contributed by atoms with Gasteiger partial charge in [0.05, 0.1) is 18.7 Å². The second-order valence-electron chi connectivity index (χ2n) is 4.46. The lowest BCUT2D eigenvalue weighted by atomic mass is 10.1. The molecular weight excluding hydrogens is 226 g/mol. The molecule has 0 spiro atoms. The number of nitrogens with zero attached hydrogens (tertiary/aromatic N) is 2. The highest BCUT2D eigenvalue weighted by molar-refractivity contribution is 5.84. The number of para-hydroxylation sites is 1. The van der Waals surface area contributed by atoms with Gasteiger partial charge in [0, 0.05) is 25.0 Å². The summed E-state index contributed by atoms with van der Waals surface area (Å²) in [4.78, 5) is 6.98. The van der Waals surface area contributed by atoms with Crippen molar-refractivity contribution in [3.63, 3.8) is 0 Å². The minimum absolute atomic E-state index is 0.542. The van der Waals surface area contributed by atoms with Crippen LogP contribution < -0.4 is 10.6 Å². The second kappa shape index (κ2) is 4.92. The number of morpholine rings is 1. The van der Waals surface area contributed by atoms with Gasteiger partial charge in [-0.3, -0.25) is 0 Å². The van der Waals surface area contributed by atoms with E-state index >= 15 is 0 Å². The van der Waals surface area contributed by atoms with Crippen LogP contribution in [0, 0.1) is 0 Å². The van der Waals surface area contributed by atoms with Crippen molar-refractivity contribution >= 4 is 16.7 Å². The Hall–Kier alpha value is -1.65. The largest absolute Gasteiger partial charge is 0.378 e. The predicted molar refractivity (Wildman–Crippen MR) is 72.7 cm³/mol. The normalized spacial score (nSPS) is 16.2. The van der Waals surface area contributed by atoms with Crippen molar-refractivity contribution < 1.29 is 4.74 Å². The number of fused-ring (bicyclic) bond motifs is 1. The molecule has 1 fully saturated rings. The fraction of sp³-hybridized carbons (Fsp3) is 0.357. The molecule has 2 N–H and O–H groups in total. The molecule has 2 aromatic rings. The molecule has 0 amide bonds. The molecule has 1 aromatic carbocycles. The first kappa shape index (κ1) is 11.4. The van der Waals surface area contributed by atoms with Crippen molar-refractivity contribution in [1.29, 1.82) is 0 Å². The average molecular weight is 243 g/mol. The van der Waals surface area contributed by atoms with Crippen LogP contribution in [0.1, 0.15) is 5.56 Å². The van der Waals surface area contributed by atoms with Crippen LogP contribution in [0.15, 0.2) is 30.3 Å². The Morgan fingerprint density at radius 3 is 2.78 bits per heavy atom. The maximum Gasteiger partial charge on any atom is 0.129 e. The number of ether oxygens (including phenoxy) is 1. The number of hydrogen-bond acceptors (Lipinski definition) is 4. The summed E-state index contributed by atoms with van der Waals surface area (Å²) >= 11 is 0. The maximum atomic E-state index is 5.84.